The summed E-state index contributed by atoms with van der Waals surface area (Å²) in [6.45, 7) is 6.04. The van der Waals surface area contributed by atoms with Crippen LogP contribution in [0.25, 0.3) is 10.8 Å². The van der Waals surface area contributed by atoms with Crippen LogP contribution in [0.3, 0.4) is 0 Å². The number of nitrogens with zero attached hydrogens (tertiary/aromatic N) is 1. The zero-order valence-electron chi connectivity index (χ0n) is 12.9. The number of ether oxygens (including phenoxy) is 1. The summed E-state index contributed by atoms with van der Waals surface area (Å²) in [6.07, 6.45) is 5.63. The molecule has 0 amide bonds. The van der Waals surface area contributed by atoms with Gasteiger partial charge >= 0.3 is 0 Å². The Balaban J connectivity index is 1.79. The van der Waals surface area contributed by atoms with E-state index in [9.17, 15) is 0 Å². The number of fused-ring (bicyclic) bond motifs is 1. The van der Waals surface area contributed by atoms with Crippen molar-refractivity contribution in [1.82, 2.24) is 10.3 Å². The number of aromatic nitrogens is 1. The summed E-state index contributed by atoms with van der Waals surface area (Å²) < 4.78 is 5.89. The summed E-state index contributed by atoms with van der Waals surface area (Å²) in [6, 6.07) is 9.12. The van der Waals surface area contributed by atoms with E-state index in [-0.39, 0.29) is 0 Å². The largest absolute Gasteiger partial charge is 0.477 e. The van der Waals surface area contributed by atoms with Crippen LogP contribution in [-0.2, 0) is 6.54 Å². The Bertz CT molecular complexity index is 605. The van der Waals surface area contributed by atoms with E-state index < -0.39 is 0 Å². The van der Waals surface area contributed by atoms with E-state index in [1.165, 1.54) is 23.8 Å². The molecule has 0 unspecified atom stereocenters. The highest BCUT2D eigenvalue weighted by atomic mass is 16.5. The summed E-state index contributed by atoms with van der Waals surface area (Å²) >= 11 is 0. The molecule has 1 saturated carbocycles. The van der Waals surface area contributed by atoms with Gasteiger partial charge in [0.1, 0.15) is 0 Å². The average Bonchev–Trinajstić information content (AvgIpc) is 3.30. The lowest BCUT2D eigenvalue weighted by atomic mass is 10.1. The molecule has 0 radical (unpaired) electrons. The molecule has 1 aromatic carbocycles. The molecule has 0 saturated heterocycles. The van der Waals surface area contributed by atoms with Crippen molar-refractivity contribution in [2.24, 2.45) is 5.92 Å². The smallest absolute Gasteiger partial charge is 0.221 e. The fourth-order valence-corrected chi connectivity index (χ4v) is 2.41. The molecule has 1 aliphatic rings. The Morgan fingerprint density at radius 1 is 1.24 bits per heavy atom. The molecule has 1 aliphatic carbocycles. The van der Waals surface area contributed by atoms with Crippen molar-refractivity contribution in [3.05, 3.63) is 36.0 Å². The monoisotopic (exact) mass is 284 g/mol. The third-order valence-electron chi connectivity index (χ3n) is 3.93. The molecule has 0 aliphatic heterocycles. The van der Waals surface area contributed by atoms with Crippen LogP contribution in [0.2, 0.25) is 0 Å². The lowest BCUT2D eigenvalue weighted by Gasteiger charge is -2.12. The minimum atomic E-state index is 0.651. The van der Waals surface area contributed by atoms with Gasteiger partial charge in [-0.1, -0.05) is 32.0 Å². The summed E-state index contributed by atoms with van der Waals surface area (Å²) in [4.78, 5) is 4.54. The van der Waals surface area contributed by atoms with Crippen molar-refractivity contribution < 1.29 is 4.74 Å². The summed E-state index contributed by atoms with van der Waals surface area (Å²) in [5, 5.41) is 5.93. The predicted molar refractivity (Wildman–Crippen MR) is 86.6 cm³/mol. The van der Waals surface area contributed by atoms with Crippen LogP contribution in [0.15, 0.2) is 30.5 Å². The second-order valence-electron chi connectivity index (χ2n) is 6.32. The molecule has 0 spiro atoms. The number of nitrogens with one attached hydrogen (secondary N) is 1. The van der Waals surface area contributed by atoms with Crippen molar-refractivity contribution >= 4 is 10.8 Å². The maximum Gasteiger partial charge on any atom is 0.221 e. The Labute approximate surface area is 126 Å². The zero-order valence-corrected chi connectivity index (χ0v) is 12.9. The van der Waals surface area contributed by atoms with Crippen molar-refractivity contribution in [1.29, 1.82) is 0 Å². The Morgan fingerprint density at radius 3 is 2.71 bits per heavy atom. The maximum atomic E-state index is 5.89. The highest BCUT2D eigenvalue weighted by molar-refractivity contribution is 5.89. The molecular weight excluding hydrogens is 260 g/mol. The minimum absolute atomic E-state index is 0.651. The van der Waals surface area contributed by atoms with E-state index in [4.69, 9.17) is 4.74 Å². The van der Waals surface area contributed by atoms with Gasteiger partial charge < -0.3 is 10.1 Å². The Hall–Kier alpha value is -1.61. The van der Waals surface area contributed by atoms with Crippen LogP contribution in [0.1, 0.15) is 38.7 Å². The topological polar surface area (TPSA) is 34.1 Å². The van der Waals surface area contributed by atoms with Crippen LogP contribution >= 0.6 is 0 Å². The first-order valence-corrected chi connectivity index (χ1v) is 7.97. The van der Waals surface area contributed by atoms with Crippen molar-refractivity contribution in [2.45, 2.75) is 45.7 Å². The van der Waals surface area contributed by atoms with Crippen molar-refractivity contribution in [2.75, 3.05) is 6.61 Å². The maximum absolute atomic E-state index is 5.89. The van der Waals surface area contributed by atoms with Gasteiger partial charge in [-0.05, 0) is 42.2 Å². The molecule has 1 heterocycles. The molecule has 3 heteroatoms. The molecular formula is C18H24N2O. The van der Waals surface area contributed by atoms with Gasteiger partial charge in [-0.15, -0.1) is 0 Å². The van der Waals surface area contributed by atoms with Crippen molar-refractivity contribution in [3.63, 3.8) is 0 Å². The van der Waals surface area contributed by atoms with Gasteiger partial charge in [-0.25, -0.2) is 4.98 Å². The molecule has 2 aromatic rings. The Morgan fingerprint density at radius 2 is 2.00 bits per heavy atom. The van der Waals surface area contributed by atoms with E-state index in [2.05, 4.69) is 48.4 Å². The van der Waals surface area contributed by atoms with Gasteiger partial charge in [0.25, 0.3) is 0 Å². The van der Waals surface area contributed by atoms with Gasteiger partial charge in [-0.2, -0.15) is 0 Å². The summed E-state index contributed by atoms with van der Waals surface area (Å²) in [7, 11) is 0. The third-order valence-corrected chi connectivity index (χ3v) is 3.93. The minimum Gasteiger partial charge on any atom is -0.477 e. The second-order valence-corrected chi connectivity index (χ2v) is 6.32. The number of hydrogen-bond acceptors (Lipinski definition) is 3. The van der Waals surface area contributed by atoms with Crippen molar-refractivity contribution in [3.8, 4) is 5.88 Å². The third kappa shape index (κ3) is 3.73. The van der Waals surface area contributed by atoms with Gasteiger partial charge in [0.2, 0.25) is 5.88 Å². The first kappa shape index (κ1) is 14.3. The van der Waals surface area contributed by atoms with E-state index in [0.29, 0.717) is 12.0 Å². The highest BCUT2D eigenvalue weighted by Crippen LogP contribution is 2.27. The number of benzene rings is 1. The molecule has 1 N–H and O–H groups in total. The van der Waals surface area contributed by atoms with E-state index >= 15 is 0 Å². The molecule has 112 valence electrons. The molecule has 3 rings (SSSR count). The lowest BCUT2D eigenvalue weighted by Crippen LogP contribution is -2.15. The second kappa shape index (κ2) is 6.44. The number of rotatable bonds is 7. The van der Waals surface area contributed by atoms with Gasteiger partial charge in [0, 0.05) is 24.2 Å². The van der Waals surface area contributed by atoms with Gasteiger partial charge in [0.05, 0.1) is 6.61 Å². The van der Waals surface area contributed by atoms with Gasteiger partial charge in [0.15, 0.2) is 0 Å². The lowest BCUT2D eigenvalue weighted by molar-refractivity contribution is 0.283. The highest BCUT2D eigenvalue weighted by Gasteiger charge is 2.20. The van der Waals surface area contributed by atoms with Crippen LogP contribution in [0, 0.1) is 5.92 Å². The van der Waals surface area contributed by atoms with E-state index in [1.54, 1.807) is 0 Å². The zero-order chi connectivity index (χ0) is 14.7. The van der Waals surface area contributed by atoms with Crippen LogP contribution in [0.5, 0.6) is 5.88 Å². The predicted octanol–water partition coefficient (Wildman–Crippen LogP) is 3.91. The van der Waals surface area contributed by atoms with Crippen LogP contribution < -0.4 is 10.1 Å². The average molecular weight is 284 g/mol. The quantitative estimate of drug-likeness (QED) is 0.837. The molecule has 0 bridgehead atoms. The van der Waals surface area contributed by atoms with Crippen LogP contribution in [0.4, 0.5) is 0 Å². The van der Waals surface area contributed by atoms with Crippen LogP contribution in [-0.4, -0.2) is 17.6 Å². The fraction of sp³-hybridized carbons (Fsp3) is 0.500. The molecule has 0 atom stereocenters. The standard InChI is InChI=1S/C18H24N2O/c1-13(2)9-10-21-18-17-6-4-3-5-16(17)14(12-20-18)11-19-15-7-8-15/h3-6,12-13,15,19H,7-11H2,1-2H3. The normalized spacial score (nSPS) is 14.8. The molecule has 1 aromatic heterocycles. The Kier molecular flexibility index (Phi) is 4.39. The van der Waals surface area contributed by atoms with Gasteiger partial charge in [-0.3, -0.25) is 0 Å². The SMILES string of the molecule is CC(C)CCOc1ncc(CNC2CC2)c2ccccc12. The number of hydrogen-bond donors (Lipinski definition) is 1. The summed E-state index contributed by atoms with van der Waals surface area (Å²) in [5.41, 5.74) is 1.26. The van der Waals surface area contributed by atoms with E-state index in [1.807, 2.05) is 6.20 Å². The molecule has 1 fully saturated rings. The first-order chi connectivity index (χ1) is 10.2. The van der Waals surface area contributed by atoms with E-state index in [0.717, 1.165) is 30.8 Å². The molecule has 3 nitrogen and oxygen atoms in total. The number of pyridine rings is 1. The summed E-state index contributed by atoms with van der Waals surface area (Å²) in [5.74, 6) is 1.42. The molecule has 21 heavy (non-hydrogen) atoms. The first-order valence-electron chi connectivity index (χ1n) is 7.97. The fourth-order valence-electron chi connectivity index (χ4n) is 2.41.